The Hall–Kier alpha value is -3.22. The van der Waals surface area contributed by atoms with Crippen molar-refractivity contribution in [3.63, 3.8) is 0 Å². The predicted octanol–water partition coefficient (Wildman–Crippen LogP) is 2.01. The lowest BCUT2D eigenvalue weighted by molar-refractivity contribution is -0.128. The molecule has 2 amide bonds. The van der Waals surface area contributed by atoms with Gasteiger partial charge in [-0.25, -0.2) is 4.98 Å². The first kappa shape index (κ1) is 16.3. The third kappa shape index (κ3) is 3.42. The third-order valence-corrected chi connectivity index (χ3v) is 4.57. The number of carbonyl (C=O) groups excluding carboxylic acids is 2. The van der Waals surface area contributed by atoms with Crippen LogP contribution in [0.3, 0.4) is 0 Å². The van der Waals surface area contributed by atoms with Gasteiger partial charge >= 0.3 is 0 Å². The molecular formula is C19H19N5O2. The molecule has 1 saturated heterocycles. The number of aromatic nitrogens is 3. The lowest BCUT2D eigenvalue weighted by Crippen LogP contribution is -2.24. The third-order valence-electron chi connectivity index (χ3n) is 4.57. The van der Waals surface area contributed by atoms with Crippen LogP contribution >= 0.6 is 0 Å². The molecule has 3 aromatic rings. The average molecular weight is 349 g/mol. The maximum absolute atomic E-state index is 12.3. The fourth-order valence-corrected chi connectivity index (χ4v) is 3.10. The van der Waals surface area contributed by atoms with Gasteiger partial charge in [-0.1, -0.05) is 24.3 Å². The van der Waals surface area contributed by atoms with Crippen molar-refractivity contribution in [3.8, 4) is 0 Å². The molecule has 2 aromatic heterocycles. The maximum Gasteiger partial charge on any atom is 0.253 e. The molecule has 3 heterocycles. The van der Waals surface area contributed by atoms with Crippen LogP contribution in [-0.2, 0) is 17.9 Å². The Kier molecular flexibility index (Phi) is 4.35. The first-order chi connectivity index (χ1) is 12.7. The smallest absolute Gasteiger partial charge is 0.253 e. The van der Waals surface area contributed by atoms with E-state index in [1.807, 2.05) is 29.2 Å². The highest BCUT2D eigenvalue weighted by Crippen LogP contribution is 2.15. The second-order valence-corrected chi connectivity index (χ2v) is 6.45. The minimum atomic E-state index is -0.174. The van der Waals surface area contributed by atoms with Crippen LogP contribution in [0.25, 0.3) is 11.0 Å². The van der Waals surface area contributed by atoms with E-state index in [1.54, 1.807) is 12.3 Å². The molecule has 7 heteroatoms. The van der Waals surface area contributed by atoms with Crippen molar-refractivity contribution in [2.45, 2.75) is 25.9 Å². The summed E-state index contributed by atoms with van der Waals surface area (Å²) in [4.78, 5) is 30.0. The van der Waals surface area contributed by atoms with Gasteiger partial charge < -0.3 is 10.2 Å². The Bertz CT molecular complexity index is 948. The van der Waals surface area contributed by atoms with Gasteiger partial charge in [-0.3, -0.25) is 14.7 Å². The summed E-state index contributed by atoms with van der Waals surface area (Å²) in [6.07, 6.45) is 4.78. The normalized spacial score (nSPS) is 14.2. The van der Waals surface area contributed by atoms with Gasteiger partial charge in [0.25, 0.3) is 5.91 Å². The molecule has 1 fully saturated rings. The van der Waals surface area contributed by atoms with Crippen molar-refractivity contribution < 1.29 is 9.59 Å². The number of nitrogens with zero attached hydrogens (tertiary/aromatic N) is 3. The van der Waals surface area contributed by atoms with E-state index in [0.29, 0.717) is 30.7 Å². The number of aromatic amines is 1. The summed E-state index contributed by atoms with van der Waals surface area (Å²) >= 11 is 0. The summed E-state index contributed by atoms with van der Waals surface area (Å²) in [5.41, 5.74) is 3.27. The van der Waals surface area contributed by atoms with Crippen molar-refractivity contribution in [2.75, 3.05) is 6.54 Å². The largest absolute Gasteiger partial charge is 0.348 e. The summed E-state index contributed by atoms with van der Waals surface area (Å²) in [6.45, 7) is 1.93. The molecule has 0 atom stereocenters. The van der Waals surface area contributed by atoms with Crippen LogP contribution in [0, 0.1) is 0 Å². The fraction of sp³-hybridized carbons (Fsp3) is 0.263. The van der Waals surface area contributed by atoms with E-state index in [1.165, 1.54) is 6.20 Å². The van der Waals surface area contributed by atoms with E-state index in [0.717, 1.165) is 29.5 Å². The second-order valence-electron chi connectivity index (χ2n) is 6.45. The molecule has 26 heavy (non-hydrogen) atoms. The molecule has 0 saturated carbocycles. The van der Waals surface area contributed by atoms with E-state index >= 15 is 0 Å². The van der Waals surface area contributed by atoms with Gasteiger partial charge in [-0.05, 0) is 23.6 Å². The van der Waals surface area contributed by atoms with E-state index in [9.17, 15) is 9.59 Å². The van der Waals surface area contributed by atoms with Crippen LogP contribution in [0.2, 0.25) is 0 Å². The van der Waals surface area contributed by atoms with E-state index in [-0.39, 0.29) is 11.8 Å². The van der Waals surface area contributed by atoms with Crippen LogP contribution in [0.1, 0.15) is 34.3 Å². The molecule has 1 aliphatic heterocycles. The molecule has 0 unspecified atom stereocenters. The molecule has 132 valence electrons. The number of hydrogen-bond donors (Lipinski definition) is 2. The Morgan fingerprint density at radius 1 is 1.19 bits per heavy atom. The number of pyridine rings is 1. The van der Waals surface area contributed by atoms with Crippen molar-refractivity contribution in [1.29, 1.82) is 0 Å². The molecule has 0 bridgehead atoms. The van der Waals surface area contributed by atoms with Gasteiger partial charge in [0.2, 0.25) is 5.91 Å². The van der Waals surface area contributed by atoms with Gasteiger partial charge in [-0.15, -0.1) is 0 Å². The number of carbonyl (C=O) groups is 2. The van der Waals surface area contributed by atoms with Gasteiger partial charge in [0.15, 0.2) is 5.65 Å². The number of fused-ring (bicyclic) bond motifs is 1. The van der Waals surface area contributed by atoms with Crippen LogP contribution in [-0.4, -0.2) is 38.4 Å². The number of hydrogen-bond acceptors (Lipinski definition) is 4. The topological polar surface area (TPSA) is 91.0 Å². The summed E-state index contributed by atoms with van der Waals surface area (Å²) in [7, 11) is 0. The summed E-state index contributed by atoms with van der Waals surface area (Å²) in [5.74, 6) is 0.0527. The monoisotopic (exact) mass is 349 g/mol. The molecule has 1 aliphatic rings. The first-order valence-electron chi connectivity index (χ1n) is 8.62. The van der Waals surface area contributed by atoms with E-state index in [4.69, 9.17) is 0 Å². The molecular weight excluding hydrogens is 330 g/mol. The highest BCUT2D eigenvalue weighted by atomic mass is 16.2. The average Bonchev–Trinajstić information content (AvgIpc) is 3.29. The number of H-pyrrole nitrogens is 1. The summed E-state index contributed by atoms with van der Waals surface area (Å²) < 4.78 is 0. The van der Waals surface area contributed by atoms with E-state index < -0.39 is 0 Å². The quantitative estimate of drug-likeness (QED) is 0.737. The molecule has 7 nitrogen and oxygen atoms in total. The number of likely N-dealkylation sites (tertiary alicyclic amines) is 1. The fourth-order valence-electron chi connectivity index (χ4n) is 3.10. The number of rotatable bonds is 5. The minimum Gasteiger partial charge on any atom is -0.348 e. The van der Waals surface area contributed by atoms with Crippen molar-refractivity contribution in [3.05, 3.63) is 59.4 Å². The summed E-state index contributed by atoms with van der Waals surface area (Å²) in [5, 5.41) is 10.4. The molecule has 4 rings (SSSR count). The Morgan fingerprint density at radius 2 is 2.00 bits per heavy atom. The number of nitrogens with one attached hydrogen (secondary N) is 2. The van der Waals surface area contributed by atoms with Crippen molar-refractivity contribution in [2.24, 2.45) is 0 Å². The molecule has 1 aromatic carbocycles. The Balaban J connectivity index is 1.35. The Labute approximate surface area is 150 Å². The second kappa shape index (κ2) is 6.95. The van der Waals surface area contributed by atoms with Gasteiger partial charge in [-0.2, -0.15) is 5.10 Å². The predicted molar refractivity (Wildman–Crippen MR) is 96.2 cm³/mol. The SMILES string of the molecule is O=C(NCc1ccc(CN2CCCC2=O)cc1)c1cnc2[nH]ncc2c1. The van der Waals surface area contributed by atoms with Crippen LogP contribution in [0.5, 0.6) is 0 Å². The lowest BCUT2D eigenvalue weighted by atomic mass is 10.1. The molecule has 2 N–H and O–H groups in total. The summed E-state index contributed by atoms with van der Waals surface area (Å²) in [6, 6.07) is 9.73. The Morgan fingerprint density at radius 3 is 2.77 bits per heavy atom. The zero-order valence-electron chi connectivity index (χ0n) is 14.2. The minimum absolute atomic E-state index is 0.174. The highest BCUT2D eigenvalue weighted by molar-refractivity contribution is 5.96. The molecule has 0 radical (unpaired) electrons. The van der Waals surface area contributed by atoms with Crippen LogP contribution < -0.4 is 5.32 Å². The number of benzene rings is 1. The zero-order valence-corrected chi connectivity index (χ0v) is 14.2. The molecule has 0 spiro atoms. The van der Waals surface area contributed by atoms with Crippen LogP contribution in [0.15, 0.2) is 42.7 Å². The number of amides is 2. The standard InChI is InChI=1S/C19H19N5O2/c25-17-2-1-7-24(17)12-14-5-3-13(4-6-14)9-21-19(26)16-8-15-11-22-23-18(15)20-10-16/h3-6,8,10-11H,1-2,7,9,12H2,(H,21,26)(H,20,22,23). The van der Waals surface area contributed by atoms with Gasteiger partial charge in [0.1, 0.15) is 0 Å². The van der Waals surface area contributed by atoms with Gasteiger partial charge in [0.05, 0.1) is 11.8 Å². The van der Waals surface area contributed by atoms with Gasteiger partial charge in [0, 0.05) is 37.6 Å². The first-order valence-corrected chi connectivity index (χ1v) is 8.62. The zero-order chi connectivity index (χ0) is 17.9. The highest BCUT2D eigenvalue weighted by Gasteiger charge is 2.19. The van der Waals surface area contributed by atoms with Crippen molar-refractivity contribution >= 4 is 22.8 Å². The lowest BCUT2D eigenvalue weighted by Gasteiger charge is -2.15. The van der Waals surface area contributed by atoms with E-state index in [2.05, 4.69) is 20.5 Å². The molecule has 0 aliphatic carbocycles. The van der Waals surface area contributed by atoms with Crippen molar-refractivity contribution in [1.82, 2.24) is 25.4 Å². The maximum atomic E-state index is 12.3. The van der Waals surface area contributed by atoms with Crippen LogP contribution in [0.4, 0.5) is 0 Å².